The maximum Gasteiger partial charge on any atom is 0.0871 e. The summed E-state index contributed by atoms with van der Waals surface area (Å²) in [6.07, 6.45) is 0. The summed E-state index contributed by atoms with van der Waals surface area (Å²) >= 11 is 1.56. The van der Waals surface area contributed by atoms with Crippen molar-refractivity contribution in [2.75, 3.05) is 0 Å². The van der Waals surface area contributed by atoms with E-state index >= 15 is 0 Å². The molecule has 1 aliphatic heterocycles. The van der Waals surface area contributed by atoms with Crippen molar-refractivity contribution in [2.24, 2.45) is 0 Å². The van der Waals surface area contributed by atoms with E-state index in [2.05, 4.69) is 10.8 Å². The van der Waals surface area contributed by atoms with Gasteiger partial charge in [-0.3, -0.25) is 0 Å². The van der Waals surface area contributed by atoms with E-state index in [4.69, 9.17) is 0 Å². The predicted octanol–water partition coefficient (Wildman–Crippen LogP) is 1.94. The molecule has 0 fully saturated rings. The van der Waals surface area contributed by atoms with Crippen molar-refractivity contribution in [1.29, 1.82) is 0 Å². The summed E-state index contributed by atoms with van der Waals surface area (Å²) in [6, 6.07) is 8.13. The normalized spacial score (nSPS) is 13.5. The van der Waals surface area contributed by atoms with Gasteiger partial charge in [-0.25, -0.2) is 4.72 Å². The second-order valence-electron chi connectivity index (χ2n) is 1.65. The summed E-state index contributed by atoms with van der Waals surface area (Å²) in [5, 5.41) is 0. The molecule has 1 heterocycles. The third kappa shape index (κ3) is 0.434. The summed E-state index contributed by atoms with van der Waals surface area (Å²) < 4.78 is 4.05. The Morgan fingerprint density at radius 2 is 2.12 bits per heavy atom. The topological polar surface area (TPSA) is 14.1 Å². The fraction of sp³-hybridized carbons (Fsp3) is 0. The molecule has 1 aliphatic rings. The molecule has 8 heavy (non-hydrogen) atoms. The molecule has 0 saturated carbocycles. The highest BCUT2D eigenvalue weighted by molar-refractivity contribution is 7.99. The Bertz CT molecular complexity index is 186. The van der Waals surface area contributed by atoms with Crippen LogP contribution < -0.4 is 4.72 Å². The van der Waals surface area contributed by atoms with Crippen LogP contribution in [0.5, 0.6) is 0 Å². The molecular weight excluding hydrogens is 118 g/mol. The molecule has 0 aliphatic carbocycles. The van der Waals surface area contributed by atoms with Crippen LogP contribution in [-0.2, 0) is 0 Å². The van der Waals surface area contributed by atoms with Crippen LogP contribution in [0.2, 0.25) is 0 Å². The van der Waals surface area contributed by atoms with Gasteiger partial charge in [0, 0.05) is 11.9 Å². The lowest BCUT2D eigenvalue weighted by molar-refractivity contribution is 1.20. The molecule has 0 bridgehead atoms. The van der Waals surface area contributed by atoms with Crippen LogP contribution in [0.4, 0.5) is 5.69 Å². The quantitative estimate of drug-likeness (QED) is 0.480. The first-order valence-corrected chi connectivity index (χ1v) is 3.21. The second kappa shape index (κ2) is 1.42. The summed E-state index contributed by atoms with van der Waals surface area (Å²) in [5.74, 6) is 0. The number of nitrogens with zero attached hydrogens (tertiary/aromatic N) is 1. The lowest BCUT2D eigenvalue weighted by Gasteiger charge is -2.14. The maximum absolute atomic E-state index is 4.05. The van der Waals surface area contributed by atoms with Crippen LogP contribution in [0, 0.1) is 0 Å². The fourth-order valence-corrected chi connectivity index (χ4v) is 1.24. The van der Waals surface area contributed by atoms with Gasteiger partial charge in [0.2, 0.25) is 0 Å². The predicted molar refractivity (Wildman–Crippen MR) is 34.1 cm³/mol. The van der Waals surface area contributed by atoms with E-state index in [0.717, 1.165) is 5.69 Å². The number of rotatable bonds is 0. The van der Waals surface area contributed by atoms with Crippen molar-refractivity contribution in [3.63, 3.8) is 0 Å². The first-order valence-electron chi connectivity index (χ1n) is 2.44. The first-order chi connectivity index (χ1) is 3.97. The largest absolute Gasteiger partial charge is 0.210 e. The van der Waals surface area contributed by atoms with E-state index in [1.165, 1.54) is 4.90 Å². The van der Waals surface area contributed by atoms with E-state index in [-0.39, 0.29) is 0 Å². The summed E-state index contributed by atoms with van der Waals surface area (Å²) in [5.41, 5.74) is 1.14. The number of hydrogen-bond donors (Lipinski definition) is 0. The Balaban J connectivity index is 2.62. The highest BCUT2D eigenvalue weighted by atomic mass is 32.2. The summed E-state index contributed by atoms with van der Waals surface area (Å²) in [7, 11) is 0. The molecule has 0 saturated heterocycles. The SMILES string of the molecule is c1ccc2c(c1)[N]S2. The van der Waals surface area contributed by atoms with Gasteiger partial charge < -0.3 is 0 Å². The van der Waals surface area contributed by atoms with Crippen LogP contribution in [0.25, 0.3) is 0 Å². The van der Waals surface area contributed by atoms with Gasteiger partial charge in [-0.2, -0.15) is 0 Å². The molecule has 1 aromatic carbocycles. The van der Waals surface area contributed by atoms with E-state index < -0.39 is 0 Å². The third-order valence-corrected chi connectivity index (χ3v) is 1.94. The summed E-state index contributed by atoms with van der Waals surface area (Å²) in [4.78, 5) is 1.30. The molecular formula is C6H4NS. The summed E-state index contributed by atoms with van der Waals surface area (Å²) in [6.45, 7) is 0. The van der Waals surface area contributed by atoms with Crippen molar-refractivity contribution in [1.82, 2.24) is 4.72 Å². The zero-order chi connectivity index (χ0) is 5.40. The minimum Gasteiger partial charge on any atom is -0.210 e. The zero-order valence-electron chi connectivity index (χ0n) is 4.16. The Labute approximate surface area is 52.2 Å². The minimum atomic E-state index is 1.14. The lowest BCUT2D eigenvalue weighted by Crippen LogP contribution is -1.96. The van der Waals surface area contributed by atoms with Gasteiger partial charge in [-0.15, -0.1) is 0 Å². The van der Waals surface area contributed by atoms with Crippen molar-refractivity contribution in [3.05, 3.63) is 24.3 Å². The molecule has 39 valence electrons. The van der Waals surface area contributed by atoms with Crippen LogP contribution in [0.3, 0.4) is 0 Å². The standard InChI is InChI=1S/C6H4NS/c1-2-4-6-5(3-1)7-8-6/h1-4H. The smallest absolute Gasteiger partial charge is 0.0871 e. The number of benzene rings is 1. The number of fused-ring (bicyclic) bond motifs is 1. The highest BCUT2D eigenvalue weighted by Crippen LogP contribution is 2.37. The van der Waals surface area contributed by atoms with Crippen LogP contribution in [0.15, 0.2) is 29.2 Å². The van der Waals surface area contributed by atoms with Crippen LogP contribution in [0.1, 0.15) is 0 Å². The molecule has 1 aromatic rings. The second-order valence-corrected chi connectivity index (χ2v) is 2.46. The maximum atomic E-state index is 4.05. The van der Waals surface area contributed by atoms with Crippen LogP contribution in [-0.4, -0.2) is 0 Å². The Morgan fingerprint density at radius 1 is 1.25 bits per heavy atom. The van der Waals surface area contributed by atoms with Gasteiger partial charge in [0.05, 0.1) is 10.6 Å². The van der Waals surface area contributed by atoms with E-state index in [0.29, 0.717) is 0 Å². The molecule has 0 unspecified atom stereocenters. The van der Waals surface area contributed by atoms with E-state index in [1.807, 2.05) is 18.2 Å². The van der Waals surface area contributed by atoms with E-state index in [1.54, 1.807) is 11.9 Å². The average Bonchev–Trinajstić information content (AvgIpc) is 1.72. The Hall–Kier alpha value is -0.630. The molecule has 1 radical (unpaired) electrons. The lowest BCUT2D eigenvalue weighted by atomic mass is 10.3. The molecule has 0 amide bonds. The highest BCUT2D eigenvalue weighted by Gasteiger charge is 2.12. The van der Waals surface area contributed by atoms with Gasteiger partial charge in [-0.1, -0.05) is 12.1 Å². The molecule has 1 nitrogen and oxygen atoms in total. The molecule has 2 rings (SSSR count). The molecule has 2 heteroatoms. The van der Waals surface area contributed by atoms with Gasteiger partial charge in [0.25, 0.3) is 0 Å². The Morgan fingerprint density at radius 3 is 2.50 bits per heavy atom. The van der Waals surface area contributed by atoms with Crippen molar-refractivity contribution < 1.29 is 0 Å². The fourth-order valence-electron chi connectivity index (χ4n) is 0.669. The van der Waals surface area contributed by atoms with Crippen molar-refractivity contribution in [3.8, 4) is 0 Å². The number of hydrogen-bond acceptors (Lipinski definition) is 1. The molecule has 0 spiro atoms. The van der Waals surface area contributed by atoms with Gasteiger partial charge in [0.1, 0.15) is 0 Å². The minimum absolute atomic E-state index is 1.14. The average molecular weight is 122 g/mol. The van der Waals surface area contributed by atoms with Crippen molar-refractivity contribution >= 4 is 17.6 Å². The molecule has 0 aromatic heterocycles. The van der Waals surface area contributed by atoms with Gasteiger partial charge >= 0.3 is 0 Å². The Kier molecular flexibility index (Phi) is 0.758. The molecule has 0 N–H and O–H groups in total. The van der Waals surface area contributed by atoms with Crippen molar-refractivity contribution in [2.45, 2.75) is 4.90 Å². The zero-order valence-corrected chi connectivity index (χ0v) is 4.98. The van der Waals surface area contributed by atoms with Gasteiger partial charge in [0.15, 0.2) is 0 Å². The molecule has 0 atom stereocenters. The van der Waals surface area contributed by atoms with E-state index in [9.17, 15) is 0 Å². The third-order valence-electron chi connectivity index (χ3n) is 1.11. The van der Waals surface area contributed by atoms with Crippen LogP contribution >= 0.6 is 11.9 Å². The monoisotopic (exact) mass is 122 g/mol. The first kappa shape index (κ1) is 4.27. The van der Waals surface area contributed by atoms with Gasteiger partial charge in [-0.05, 0) is 12.1 Å².